The fourth-order valence-corrected chi connectivity index (χ4v) is 7.55. The van der Waals surface area contributed by atoms with Gasteiger partial charge >= 0.3 is 30.9 Å². The van der Waals surface area contributed by atoms with E-state index >= 15 is 0 Å². The molecule has 0 aromatic heterocycles. The molecule has 0 aliphatic carbocycles. The Kier molecular flexibility index (Phi) is 42.2. The number of rotatable bonds is 24. The fraction of sp³-hybridized carbons (Fsp3) is 0.533. The lowest BCUT2D eigenvalue weighted by Crippen LogP contribution is -3.00. The Bertz CT molecular complexity index is 2640. The van der Waals surface area contributed by atoms with Crippen molar-refractivity contribution in [2.75, 3.05) is 39.3 Å². The number of hydrogen-bond donors (Lipinski definition) is 8. The highest BCUT2D eigenvalue weighted by Gasteiger charge is 2.39. The molecule has 4 rings (SSSR count). The second-order valence-corrected chi connectivity index (χ2v) is 20.9. The summed E-state index contributed by atoms with van der Waals surface area (Å²) in [7, 11) is 0. The second-order valence-electron chi connectivity index (χ2n) is 20.9. The highest BCUT2D eigenvalue weighted by Crippen LogP contribution is 2.37. The Morgan fingerprint density at radius 1 is 0.522 bits per heavy atom. The molecule has 30 heteroatoms. The van der Waals surface area contributed by atoms with Gasteiger partial charge in [0.25, 0.3) is 24.2 Å². The molecular weight excluding hydrogens is 1270 g/mol. The Balaban J connectivity index is -0.00000108. The first-order chi connectivity index (χ1) is 40.7. The molecule has 0 aliphatic heterocycles. The summed E-state index contributed by atoms with van der Waals surface area (Å²) in [4.78, 5) is 45.9. The van der Waals surface area contributed by atoms with Crippen LogP contribution in [-0.4, -0.2) is 75.5 Å². The smallest absolute Gasteiger partial charge is 0.417 e. The molecule has 15 N–H and O–H groups in total. The van der Waals surface area contributed by atoms with Crippen molar-refractivity contribution in [1.82, 2.24) is 16.0 Å². The van der Waals surface area contributed by atoms with Crippen molar-refractivity contribution in [2.45, 2.75) is 156 Å². The third-order valence-electron chi connectivity index (χ3n) is 13.0. The van der Waals surface area contributed by atoms with Gasteiger partial charge < -0.3 is 74.2 Å². The summed E-state index contributed by atoms with van der Waals surface area (Å²) in [5.74, 6) is -1.23. The van der Waals surface area contributed by atoms with Gasteiger partial charge in [0.15, 0.2) is 0 Å². The number of ether oxygens (including phenoxy) is 1. The molecule has 0 saturated carbocycles. The SMILES string of the molecule is CCCC[C@H](C)CN.CCCC[C@H](C)CNC(=O)c1cc(C(F)(F)F)ccc1C.Cc1ccc(C(F)(F)F)cc1C(=O)NC[C@@H](N)CCCN.Cc1ccc(C(F)(F)F)cc1OC=O.[Cl-].[Cl-].[NH3+]CCC[C@H]([NH3+])CNC(=O)c1cc(C(F)(F)F)ccc1C(F)(F)F. The van der Waals surface area contributed by atoms with E-state index in [-0.39, 0.29) is 85.5 Å². The van der Waals surface area contributed by atoms with E-state index in [0.29, 0.717) is 61.2 Å². The Hall–Kier alpha value is -5.91. The minimum absolute atomic E-state index is 0. The van der Waals surface area contributed by atoms with Crippen molar-refractivity contribution in [3.05, 3.63) is 134 Å². The summed E-state index contributed by atoms with van der Waals surface area (Å²) in [5, 5.41) is 7.49. The second kappa shape index (κ2) is 43.0. The van der Waals surface area contributed by atoms with Crippen molar-refractivity contribution in [1.29, 1.82) is 0 Å². The van der Waals surface area contributed by atoms with Gasteiger partial charge in [0.1, 0.15) is 11.8 Å². The molecule has 4 atom stereocenters. The molecule has 0 bridgehead atoms. The average molecular weight is 1350 g/mol. The largest absolute Gasteiger partial charge is 1.00 e. The van der Waals surface area contributed by atoms with Gasteiger partial charge in [-0.3, -0.25) is 19.2 Å². The fourth-order valence-electron chi connectivity index (χ4n) is 7.55. The van der Waals surface area contributed by atoms with Crippen LogP contribution in [0.15, 0.2) is 72.8 Å². The molecule has 0 unspecified atom stereocenters. The summed E-state index contributed by atoms with van der Waals surface area (Å²) in [5.41, 5.74) is 19.2. The van der Waals surface area contributed by atoms with Crippen molar-refractivity contribution in [3.63, 3.8) is 0 Å². The summed E-state index contributed by atoms with van der Waals surface area (Å²) in [6.07, 6.45) is -13.3. The van der Waals surface area contributed by atoms with Gasteiger partial charge in [-0.25, -0.2) is 0 Å². The number of halogens is 17. The molecule has 13 nitrogen and oxygen atoms in total. The predicted octanol–water partition coefficient (Wildman–Crippen LogP) is 5.79. The lowest BCUT2D eigenvalue weighted by molar-refractivity contribution is -0.423. The van der Waals surface area contributed by atoms with Crippen LogP contribution in [0, 0.1) is 32.6 Å². The highest BCUT2D eigenvalue weighted by atomic mass is 35.5. The predicted molar refractivity (Wildman–Crippen MR) is 305 cm³/mol. The van der Waals surface area contributed by atoms with E-state index < -0.39 is 82.0 Å². The van der Waals surface area contributed by atoms with E-state index in [9.17, 15) is 85.0 Å². The topological polar surface area (TPSA) is 247 Å². The minimum Gasteiger partial charge on any atom is -1.00 e. The number of quaternary nitrogens is 2. The minimum atomic E-state index is -4.94. The Morgan fingerprint density at radius 2 is 0.911 bits per heavy atom. The van der Waals surface area contributed by atoms with Crippen LogP contribution >= 0.6 is 0 Å². The maximum Gasteiger partial charge on any atom is 0.417 e. The third kappa shape index (κ3) is 35.1. The van der Waals surface area contributed by atoms with Crippen LogP contribution in [0.5, 0.6) is 5.75 Å². The van der Waals surface area contributed by atoms with Gasteiger partial charge in [0.2, 0.25) is 0 Å². The third-order valence-corrected chi connectivity index (χ3v) is 13.0. The molecule has 0 radical (unpaired) electrons. The number of nitrogens with one attached hydrogen (secondary N) is 3. The van der Waals surface area contributed by atoms with Crippen LogP contribution in [0.1, 0.15) is 167 Å². The Labute approximate surface area is 528 Å². The summed E-state index contributed by atoms with van der Waals surface area (Å²) in [6.45, 7) is 16.1. The summed E-state index contributed by atoms with van der Waals surface area (Å²) >= 11 is 0. The van der Waals surface area contributed by atoms with E-state index in [0.717, 1.165) is 81.0 Å². The van der Waals surface area contributed by atoms with Crippen LogP contribution in [0.25, 0.3) is 0 Å². The van der Waals surface area contributed by atoms with Crippen LogP contribution < -0.4 is 74.2 Å². The molecule has 514 valence electrons. The highest BCUT2D eigenvalue weighted by molar-refractivity contribution is 5.97. The van der Waals surface area contributed by atoms with Crippen LogP contribution in [-0.2, 0) is 35.7 Å². The first-order valence-corrected chi connectivity index (χ1v) is 28.3. The first kappa shape index (κ1) is 88.3. The van der Waals surface area contributed by atoms with Gasteiger partial charge in [-0.1, -0.05) is 71.6 Å². The molecule has 3 amide bonds. The molecule has 0 spiro atoms. The Morgan fingerprint density at radius 3 is 1.31 bits per heavy atom. The van der Waals surface area contributed by atoms with Crippen molar-refractivity contribution >= 4 is 24.2 Å². The average Bonchev–Trinajstić information content (AvgIpc) is 0.842. The number of carbonyl (C=O) groups excluding carboxylic acids is 4. The molecule has 0 heterocycles. The van der Waals surface area contributed by atoms with Gasteiger partial charge in [-0.15, -0.1) is 0 Å². The van der Waals surface area contributed by atoms with E-state index in [2.05, 4.69) is 52.9 Å². The van der Waals surface area contributed by atoms with E-state index in [1.54, 1.807) is 20.8 Å². The monoisotopic (exact) mass is 1350 g/mol. The number of alkyl halides is 15. The molecular formula is C60H85Cl2F15N8O5. The quantitative estimate of drug-likeness (QED) is 0.0314. The summed E-state index contributed by atoms with van der Waals surface area (Å²) in [6, 6.07) is 9.58. The van der Waals surface area contributed by atoms with Gasteiger partial charge in [0.05, 0.1) is 46.5 Å². The van der Waals surface area contributed by atoms with Crippen molar-refractivity contribution < 1.29 is 126 Å². The molecule has 4 aromatic rings. The van der Waals surface area contributed by atoms with Crippen LogP contribution in [0.3, 0.4) is 0 Å². The number of nitrogens with two attached hydrogens (primary N) is 3. The van der Waals surface area contributed by atoms with E-state index in [1.807, 2.05) is 6.92 Å². The standard InChI is InChI=1S/C16H22F3NO.C14H17F6N3O.C14H20F3N3O.C9H7F3O2.C7H17N.2ClH/c1-4-5-6-11(2)10-20-15(21)14-9-13(16(17,18)19)8-7-12(14)3;15-13(16,17)8-3-4-11(14(18,19)20)10(6-8)12(24)23-7-9(22)2-1-5-21;1-9-4-5-10(14(15,16)17)7-12(9)13(21)20-8-11(19)3-2-6-18;1-6-2-3-7(9(10,11)12)4-8(6)14-5-13;1-3-4-5-7(2)6-8;;/h7-9,11H,4-6,10H2,1-3H3,(H,20,21);3-4,6,9H,1-2,5,7,21-22H2,(H,23,24);4-5,7,11H,2-3,6,8,18-19H2,1H3,(H,20,21);2-5H,1H3;7H,3-6,8H2,1-2H3;2*1H/t11-;9-;11-;;7-;;/m000.0../s1. The normalized spacial score (nSPS) is 12.7. The number of amides is 3. The number of unbranched alkanes of at least 4 members (excludes halogenated alkanes) is 2. The molecule has 0 fully saturated rings. The van der Waals surface area contributed by atoms with Gasteiger partial charge in [-0.05, 0) is 143 Å². The van der Waals surface area contributed by atoms with Gasteiger partial charge in [-0.2, -0.15) is 65.9 Å². The molecule has 4 aromatic carbocycles. The van der Waals surface area contributed by atoms with E-state index in [4.69, 9.17) is 17.2 Å². The zero-order valence-corrected chi connectivity index (χ0v) is 52.8. The van der Waals surface area contributed by atoms with Crippen LogP contribution in [0.2, 0.25) is 0 Å². The van der Waals surface area contributed by atoms with Crippen molar-refractivity contribution in [3.8, 4) is 5.75 Å². The van der Waals surface area contributed by atoms with Gasteiger partial charge in [0, 0.05) is 43.1 Å². The summed E-state index contributed by atoms with van der Waals surface area (Å²) < 4.78 is 194. The van der Waals surface area contributed by atoms with Crippen molar-refractivity contribution in [2.24, 2.45) is 29.0 Å². The zero-order chi connectivity index (χ0) is 67.8. The lowest BCUT2D eigenvalue weighted by Gasteiger charge is -2.16. The maximum absolute atomic E-state index is 12.9. The number of hydrogen-bond acceptors (Lipinski definition) is 8. The lowest BCUT2D eigenvalue weighted by atomic mass is 10.0. The van der Waals surface area contributed by atoms with Crippen LogP contribution in [0.4, 0.5) is 65.9 Å². The van der Waals surface area contributed by atoms with E-state index in [1.165, 1.54) is 37.5 Å². The number of aryl methyl sites for hydroxylation is 3. The molecule has 0 saturated heterocycles. The molecule has 0 aliphatic rings. The zero-order valence-electron chi connectivity index (χ0n) is 51.2. The first-order valence-electron chi connectivity index (χ1n) is 28.3. The number of carbonyl (C=O) groups is 4. The molecule has 90 heavy (non-hydrogen) atoms. The maximum atomic E-state index is 12.9. The number of benzene rings is 4.